The molecule has 0 amide bonds. The van der Waals surface area contributed by atoms with Crippen molar-refractivity contribution in [2.75, 3.05) is 31.6 Å². The highest BCUT2D eigenvalue weighted by atomic mass is 15.2. The van der Waals surface area contributed by atoms with E-state index in [1.54, 1.807) is 0 Å². The minimum atomic E-state index is 0.429. The van der Waals surface area contributed by atoms with Crippen LogP contribution in [0.3, 0.4) is 0 Å². The van der Waals surface area contributed by atoms with Gasteiger partial charge in [0.25, 0.3) is 0 Å². The molecule has 3 heteroatoms. The molecule has 2 fully saturated rings. The van der Waals surface area contributed by atoms with Crippen molar-refractivity contribution in [3.8, 4) is 0 Å². The van der Waals surface area contributed by atoms with Crippen molar-refractivity contribution in [1.82, 2.24) is 4.90 Å². The molecule has 1 aromatic rings. The molecule has 2 heterocycles. The van der Waals surface area contributed by atoms with Gasteiger partial charge in [-0.3, -0.25) is 4.90 Å². The maximum absolute atomic E-state index is 6.17. The Hall–Kier alpha value is -1.06. The second-order valence-corrected chi connectivity index (χ2v) is 7.19. The van der Waals surface area contributed by atoms with Crippen molar-refractivity contribution in [2.45, 2.75) is 44.2 Å². The van der Waals surface area contributed by atoms with E-state index in [-0.39, 0.29) is 0 Å². The molecular weight excluding hydrogens is 258 g/mol. The van der Waals surface area contributed by atoms with Crippen LogP contribution < -0.4 is 10.6 Å². The highest BCUT2D eigenvalue weighted by Crippen LogP contribution is 2.42. The number of hydrogen-bond acceptors (Lipinski definition) is 3. The van der Waals surface area contributed by atoms with Crippen LogP contribution in [0.5, 0.6) is 0 Å². The highest BCUT2D eigenvalue weighted by Gasteiger charge is 2.41. The van der Waals surface area contributed by atoms with Gasteiger partial charge in [0.05, 0.1) is 0 Å². The van der Waals surface area contributed by atoms with Crippen LogP contribution in [0.4, 0.5) is 5.69 Å². The normalized spacial score (nSPS) is 29.7. The average Bonchev–Trinajstić information content (AvgIpc) is 3.11. The van der Waals surface area contributed by atoms with Crippen molar-refractivity contribution >= 4 is 5.69 Å². The van der Waals surface area contributed by atoms with Crippen molar-refractivity contribution in [3.63, 3.8) is 0 Å². The Morgan fingerprint density at radius 3 is 2.95 bits per heavy atom. The third kappa shape index (κ3) is 2.27. The van der Waals surface area contributed by atoms with Crippen LogP contribution in [0, 0.1) is 5.92 Å². The Kier molecular flexibility index (Phi) is 3.43. The first-order chi connectivity index (χ1) is 10.3. The predicted molar refractivity (Wildman–Crippen MR) is 87.7 cm³/mol. The monoisotopic (exact) mass is 285 g/mol. The summed E-state index contributed by atoms with van der Waals surface area (Å²) in [4.78, 5) is 5.08. The summed E-state index contributed by atoms with van der Waals surface area (Å²) >= 11 is 0. The Morgan fingerprint density at radius 1 is 1.33 bits per heavy atom. The second-order valence-electron chi connectivity index (χ2n) is 7.19. The number of nitrogens with two attached hydrogens (primary N) is 1. The molecular formula is C18H27N3. The summed E-state index contributed by atoms with van der Waals surface area (Å²) in [6.45, 7) is 3.20. The maximum atomic E-state index is 6.17. The zero-order valence-electron chi connectivity index (χ0n) is 13.1. The zero-order valence-corrected chi connectivity index (χ0v) is 13.1. The lowest BCUT2D eigenvalue weighted by molar-refractivity contribution is 0.153. The van der Waals surface area contributed by atoms with Gasteiger partial charge in [0.2, 0.25) is 0 Å². The van der Waals surface area contributed by atoms with Crippen molar-refractivity contribution in [1.29, 1.82) is 0 Å². The van der Waals surface area contributed by atoms with Crippen molar-refractivity contribution in [2.24, 2.45) is 11.7 Å². The molecule has 0 radical (unpaired) electrons. The van der Waals surface area contributed by atoms with Gasteiger partial charge in [0.15, 0.2) is 0 Å². The van der Waals surface area contributed by atoms with E-state index < -0.39 is 0 Å². The van der Waals surface area contributed by atoms with E-state index >= 15 is 0 Å². The molecule has 21 heavy (non-hydrogen) atoms. The van der Waals surface area contributed by atoms with Crippen LogP contribution in [0.1, 0.15) is 42.9 Å². The Bertz CT molecular complexity index is 527. The molecule has 2 bridgehead atoms. The van der Waals surface area contributed by atoms with E-state index in [1.165, 1.54) is 62.0 Å². The van der Waals surface area contributed by atoms with Gasteiger partial charge in [-0.05, 0) is 55.2 Å². The van der Waals surface area contributed by atoms with Gasteiger partial charge < -0.3 is 10.6 Å². The molecule has 1 saturated carbocycles. The number of benzene rings is 1. The number of nitrogens with zero attached hydrogens (tertiary/aromatic N) is 2. The number of piperidine rings is 1. The first-order valence-electron chi connectivity index (χ1n) is 8.56. The molecule has 3 nitrogen and oxygen atoms in total. The van der Waals surface area contributed by atoms with Crippen LogP contribution >= 0.6 is 0 Å². The van der Waals surface area contributed by atoms with E-state index in [0.29, 0.717) is 6.04 Å². The summed E-state index contributed by atoms with van der Waals surface area (Å²) < 4.78 is 0. The SMILES string of the molecule is CN1CCCc2cc(C(CN)N3CC4CCC3C4)ccc21. The van der Waals surface area contributed by atoms with Crippen LogP contribution in [0.2, 0.25) is 0 Å². The number of anilines is 1. The summed E-state index contributed by atoms with van der Waals surface area (Å²) in [5, 5.41) is 0. The quantitative estimate of drug-likeness (QED) is 0.926. The number of aryl methyl sites for hydroxylation is 1. The van der Waals surface area contributed by atoms with E-state index in [4.69, 9.17) is 5.73 Å². The van der Waals surface area contributed by atoms with Crippen LogP contribution in [0.15, 0.2) is 18.2 Å². The summed E-state index contributed by atoms with van der Waals surface area (Å²) in [7, 11) is 2.21. The summed E-state index contributed by atoms with van der Waals surface area (Å²) in [5.41, 5.74) is 10.5. The first-order valence-corrected chi connectivity index (χ1v) is 8.56. The molecule has 1 aliphatic carbocycles. The zero-order chi connectivity index (χ0) is 14.4. The van der Waals surface area contributed by atoms with Crippen LogP contribution in [-0.2, 0) is 6.42 Å². The van der Waals surface area contributed by atoms with E-state index in [0.717, 1.165) is 18.5 Å². The van der Waals surface area contributed by atoms with Gasteiger partial charge in [-0.1, -0.05) is 12.1 Å². The highest BCUT2D eigenvalue weighted by molar-refractivity contribution is 5.56. The Labute approximate surface area is 128 Å². The molecule has 3 atom stereocenters. The van der Waals surface area contributed by atoms with E-state index in [9.17, 15) is 0 Å². The lowest BCUT2D eigenvalue weighted by Crippen LogP contribution is -2.39. The number of rotatable bonds is 3. The number of hydrogen-bond donors (Lipinski definition) is 1. The van der Waals surface area contributed by atoms with Crippen molar-refractivity contribution < 1.29 is 0 Å². The molecule has 2 aliphatic heterocycles. The first kappa shape index (κ1) is 13.6. The Morgan fingerprint density at radius 2 is 2.24 bits per heavy atom. The molecule has 2 N–H and O–H groups in total. The third-order valence-electron chi connectivity index (χ3n) is 5.91. The number of likely N-dealkylation sites (tertiary alicyclic amines) is 1. The van der Waals surface area contributed by atoms with Gasteiger partial charge in [-0.25, -0.2) is 0 Å². The topological polar surface area (TPSA) is 32.5 Å². The third-order valence-corrected chi connectivity index (χ3v) is 5.91. The minimum absolute atomic E-state index is 0.429. The molecule has 1 aromatic carbocycles. The molecule has 1 saturated heterocycles. The summed E-state index contributed by atoms with van der Waals surface area (Å²) in [6.07, 6.45) is 6.72. The average molecular weight is 285 g/mol. The standard InChI is InChI=1S/C18H27N3/c1-20-8-2-3-14-10-15(5-7-17(14)20)18(11-19)21-12-13-4-6-16(21)9-13/h5,7,10,13,16,18H,2-4,6,8-9,11-12,19H2,1H3. The molecule has 4 rings (SSSR count). The molecule has 3 aliphatic rings. The van der Waals surface area contributed by atoms with Gasteiger partial charge >= 0.3 is 0 Å². The Balaban J connectivity index is 1.62. The predicted octanol–water partition coefficient (Wildman–Crippen LogP) is 2.55. The van der Waals surface area contributed by atoms with E-state index in [1.807, 2.05) is 0 Å². The molecule has 3 unspecified atom stereocenters. The van der Waals surface area contributed by atoms with Crippen LogP contribution in [0.25, 0.3) is 0 Å². The minimum Gasteiger partial charge on any atom is -0.374 e. The lowest BCUT2D eigenvalue weighted by Gasteiger charge is -2.35. The summed E-state index contributed by atoms with van der Waals surface area (Å²) in [6, 6.07) is 8.31. The largest absolute Gasteiger partial charge is 0.374 e. The number of fused-ring (bicyclic) bond motifs is 3. The van der Waals surface area contributed by atoms with Gasteiger partial charge in [0, 0.05) is 44.5 Å². The second kappa shape index (κ2) is 5.29. The van der Waals surface area contributed by atoms with E-state index in [2.05, 4.69) is 35.0 Å². The summed E-state index contributed by atoms with van der Waals surface area (Å²) in [5.74, 6) is 0.938. The van der Waals surface area contributed by atoms with Gasteiger partial charge in [-0.2, -0.15) is 0 Å². The van der Waals surface area contributed by atoms with Crippen molar-refractivity contribution in [3.05, 3.63) is 29.3 Å². The molecule has 114 valence electrons. The maximum Gasteiger partial charge on any atom is 0.0473 e. The fourth-order valence-electron chi connectivity index (χ4n) is 4.82. The molecule has 0 aromatic heterocycles. The smallest absolute Gasteiger partial charge is 0.0473 e. The fraction of sp³-hybridized carbons (Fsp3) is 0.667. The fourth-order valence-corrected chi connectivity index (χ4v) is 4.82. The lowest BCUT2D eigenvalue weighted by atomic mass is 9.95. The molecule has 0 spiro atoms. The van der Waals surface area contributed by atoms with Gasteiger partial charge in [-0.15, -0.1) is 0 Å². The van der Waals surface area contributed by atoms with Crippen LogP contribution in [-0.4, -0.2) is 37.6 Å². The van der Waals surface area contributed by atoms with Gasteiger partial charge in [0.1, 0.15) is 0 Å².